The van der Waals surface area contributed by atoms with Crippen molar-refractivity contribution in [3.8, 4) is 0 Å². The lowest BCUT2D eigenvalue weighted by molar-refractivity contribution is -0.130. The van der Waals surface area contributed by atoms with E-state index in [9.17, 15) is 9.59 Å². The molecule has 27 heavy (non-hydrogen) atoms. The summed E-state index contributed by atoms with van der Waals surface area (Å²) in [5.41, 5.74) is 4.48. The molecular formula is C20H24N4O3. The number of aryl methyl sites for hydroxylation is 4. The van der Waals surface area contributed by atoms with E-state index in [1.54, 1.807) is 10.6 Å². The van der Waals surface area contributed by atoms with E-state index < -0.39 is 5.76 Å². The molecule has 1 atom stereocenters. The number of likely N-dealkylation sites (tertiary alicyclic amines) is 1. The van der Waals surface area contributed by atoms with Crippen LogP contribution in [0.5, 0.6) is 0 Å². The maximum absolute atomic E-state index is 12.7. The highest BCUT2D eigenvalue weighted by molar-refractivity contribution is 5.77. The molecule has 0 spiro atoms. The Hall–Kier alpha value is -2.83. The van der Waals surface area contributed by atoms with E-state index in [1.807, 2.05) is 42.5 Å². The molecule has 0 N–H and O–H groups in total. The van der Waals surface area contributed by atoms with Crippen LogP contribution in [-0.2, 0) is 11.3 Å². The first-order valence-electron chi connectivity index (χ1n) is 9.33. The first-order valence-corrected chi connectivity index (χ1v) is 9.33. The van der Waals surface area contributed by atoms with Crippen LogP contribution in [0.3, 0.4) is 0 Å². The maximum atomic E-state index is 12.7. The van der Waals surface area contributed by atoms with Gasteiger partial charge < -0.3 is 9.32 Å². The van der Waals surface area contributed by atoms with Gasteiger partial charge in [-0.25, -0.2) is 4.79 Å². The summed E-state index contributed by atoms with van der Waals surface area (Å²) in [6, 6.07) is 7.90. The van der Waals surface area contributed by atoms with Gasteiger partial charge in [0.2, 0.25) is 5.91 Å². The van der Waals surface area contributed by atoms with Crippen LogP contribution in [0.25, 0.3) is 11.1 Å². The number of rotatable bonds is 4. The van der Waals surface area contributed by atoms with Gasteiger partial charge in [0.15, 0.2) is 5.58 Å². The highest BCUT2D eigenvalue weighted by atomic mass is 16.4. The van der Waals surface area contributed by atoms with Gasteiger partial charge in [0.1, 0.15) is 0 Å². The summed E-state index contributed by atoms with van der Waals surface area (Å²) in [5.74, 6) is -0.349. The van der Waals surface area contributed by atoms with Gasteiger partial charge in [-0.15, -0.1) is 0 Å². The van der Waals surface area contributed by atoms with Crippen molar-refractivity contribution < 1.29 is 9.21 Å². The Morgan fingerprint density at radius 3 is 2.81 bits per heavy atom. The van der Waals surface area contributed by atoms with Gasteiger partial charge in [0, 0.05) is 31.7 Å². The van der Waals surface area contributed by atoms with Crippen molar-refractivity contribution in [2.24, 2.45) is 0 Å². The van der Waals surface area contributed by atoms with Crippen LogP contribution in [0, 0.1) is 20.8 Å². The van der Waals surface area contributed by atoms with Crippen molar-refractivity contribution in [1.82, 2.24) is 19.2 Å². The Kier molecular flexibility index (Phi) is 4.37. The number of fused-ring (bicyclic) bond motifs is 1. The van der Waals surface area contributed by atoms with E-state index in [4.69, 9.17) is 4.42 Å². The first kappa shape index (κ1) is 17.6. The topological polar surface area (TPSA) is 73.3 Å². The van der Waals surface area contributed by atoms with Crippen molar-refractivity contribution in [1.29, 1.82) is 0 Å². The van der Waals surface area contributed by atoms with E-state index in [0.717, 1.165) is 35.4 Å². The molecule has 0 aliphatic carbocycles. The average molecular weight is 368 g/mol. The van der Waals surface area contributed by atoms with Crippen molar-refractivity contribution >= 4 is 17.0 Å². The van der Waals surface area contributed by atoms with Gasteiger partial charge in [-0.2, -0.15) is 5.10 Å². The van der Waals surface area contributed by atoms with Crippen molar-refractivity contribution in [2.75, 3.05) is 13.1 Å². The minimum atomic E-state index is -0.412. The molecular weight excluding hydrogens is 344 g/mol. The highest BCUT2D eigenvalue weighted by Gasteiger charge is 2.28. The monoisotopic (exact) mass is 368 g/mol. The minimum Gasteiger partial charge on any atom is -0.408 e. The van der Waals surface area contributed by atoms with Crippen molar-refractivity contribution in [2.45, 2.75) is 46.2 Å². The summed E-state index contributed by atoms with van der Waals surface area (Å²) in [6.45, 7) is 7.72. The number of hydrogen-bond acceptors (Lipinski definition) is 4. The van der Waals surface area contributed by atoms with E-state index in [0.29, 0.717) is 18.7 Å². The molecule has 1 aliphatic rings. The summed E-state index contributed by atoms with van der Waals surface area (Å²) >= 11 is 0. The molecule has 2 aromatic heterocycles. The molecule has 7 nitrogen and oxygen atoms in total. The minimum absolute atomic E-state index is 0.0629. The Morgan fingerprint density at radius 2 is 2.07 bits per heavy atom. The normalized spacial score (nSPS) is 17.1. The Bertz CT molecular complexity index is 1060. The standard InChI is InChI=1S/C20H24N4O3/c1-13-4-5-18-17(10-13)23(20(26)27-18)9-7-19(25)22-8-6-16(12-22)24-15(3)11-14(2)21-24/h4-5,10-11,16H,6-9,12H2,1-3H3/t16-/m1/s1. The summed E-state index contributed by atoms with van der Waals surface area (Å²) in [4.78, 5) is 26.7. The third-order valence-electron chi connectivity index (χ3n) is 5.28. The fraction of sp³-hybridized carbons (Fsp3) is 0.450. The summed E-state index contributed by atoms with van der Waals surface area (Å²) in [6.07, 6.45) is 1.19. The molecule has 1 amide bonds. The molecule has 0 saturated carbocycles. The summed E-state index contributed by atoms with van der Waals surface area (Å²) in [5, 5.41) is 4.55. The van der Waals surface area contributed by atoms with E-state index in [2.05, 4.69) is 11.2 Å². The SMILES string of the molecule is Cc1ccc2oc(=O)n(CCC(=O)N3CC[C@@H](n4nc(C)cc4C)C3)c2c1. The number of oxazole rings is 1. The van der Waals surface area contributed by atoms with Crippen LogP contribution in [0.1, 0.15) is 35.8 Å². The second-order valence-electron chi connectivity index (χ2n) is 7.39. The van der Waals surface area contributed by atoms with Crippen LogP contribution in [0.4, 0.5) is 0 Å². The molecule has 1 aliphatic heterocycles. The zero-order chi connectivity index (χ0) is 19.1. The number of carbonyl (C=O) groups is 1. The maximum Gasteiger partial charge on any atom is 0.419 e. The number of hydrogen-bond donors (Lipinski definition) is 0. The summed E-state index contributed by atoms with van der Waals surface area (Å²) < 4.78 is 8.85. The fourth-order valence-electron chi connectivity index (χ4n) is 3.93. The zero-order valence-corrected chi connectivity index (χ0v) is 15.9. The van der Waals surface area contributed by atoms with Gasteiger partial charge in [0.05, 0.1) is 17.3 Å². The van der Waals surface area contributed by atoms with Gasteiger partial charge in [0.25, 0.3) is 0 Å². The first-order chi connectivity index (χ1) is 12.9. The number of benzene rings is 1. The molecule has 0 radical (unpaired) electrons. The number of nitrogens with zero attached hydrogens (tertiary/aromatic N) is 4. The van der Waals surface area contributed by atoms with E-state index >= 15 is 0 Å². The molecule has 142 valence electrons. The largest absolute Gasteiger partial charge is 0.419 e. The quantitative estimate of drug-likeness (QED) is 0.709. The third kappa shape index (κ3) is 3.29. The molecule has 1 saturated heterocycles. The average Bonchev–Trinajstić information content (AvgIpc) is 3.30. The van der Waals surface area contributed by atoms with Gasteiger partial charge in [-0.05, 0) is 51.0 Å². The Morgan fingerprint density at radius 1 is 1.26 bits per heavy atom. The van der Waals surface area contributed by atoms with Crippen LogP contribution < -0.4 is 5.76 Å². The van der Waals surface area contributed by atoms with Crippen LogP contribution in [-0.4, -0.2) is 38.2 Å². The number of aromatic nitrogens is 3. The van der Waals surface area contributed by atoms with Gasteiger partial charge >= 0.3 is 5.76 Å². The molecule has 4 rings (SSSR count). The molecule has 0 bridgehead atoms. The Labute approximate surface area is 157 Å². The van der Waals surface area contributed by atoms with Gasteiger partial charge in [-0.1, -0.05) is 6.07 Å². The molecule has 7 heteroatoms. The number of amides is 1. The number of carbonyl (C=O) groups excluding carboxylic acids is 1. The lowest BCUT2D eigenvalue weighted by Gasteiger charge is -2.17. The molecule has 1 fully saturated rings. The van der Waals surface area contributed by atoms with E-state index in [-0.39, 0.29) is 18.4 Å². The van der Waals surface area contributed by atoms with Crippen LogP contribution >= 0.6 is 0 Å². The predicted molar refractivity (Wildman–Crippen MR) is 102 cm³/mol. The zero-order valence-electron chi connectivity index (χ0n) is 15.9. The lowest BCUT2D eigenvalue weighted by Crippen LogP contribution is -2.31. The predicted octanol–water partition coefficient (Wildman–Crippen LogP) is 2.58. The van der Waals surface area contributed by atoms with Crippen molar-refractivity contribution in [3.05, 3.63) is 51.8 Å². The van der Waals surface area contributed by atoms with Crippen molar-refractivity contribution in [3.63, 3.8) is 0 Å². The second-order valence-corrected chi connectivity index (χ2v) is 7.39. The second kappa shape index (κ2) is 6.72. The van der Waals surface area contributed by atoms with Crippen LogP contribution in [0.2, 0.25) is 0 Å². The van der Waals surface area contributed by atoms with Crippen LogP contribution in [0.15, 0.2) is 33.5 Å². The Balaban J connectivity index is 1.43. The van der Waals surface area contributed by atoms with E-state index in [1.165, 1.54) is 0 Å². The molecule has 3 aromatic rings. The molecule has 0 unspecified atom stereocenters. The summed E-state index contributed by atoms with van der Waals surface area (Å²) in [7, 11) is 0. The third-order valence-corrected chi connectivity index (χ3v) is 5.28. The smallest absolute Gasteiger partial charge is 0.408 e. The lowest BCUT2D eigenvalue weighted by atomic mass is 10.2. The fourth-order valence-corrected chi connectivity index (χ4v) is 3.93. The highest BCUT2D eigenvalue weighted by Crippen LogP contribution is 2.24. The molecule has 1 aromatic carbocycles. The van der Waals surface area contributed by atoms with Gasteiger partial charge in [-0.3, -0.25) is 14.0 Å². The molecule has 3 heterocycles.